The monoisotopic (exact) mass is 504 g/mol. The maximum atomic E-state index is 11.8. The van der Waals surface area contributed by atoms with Crippen molar-refractivity contribution in [2.45, 2.75) is 20.5 Å². The Kier molecular flexibility index (Phi) is 6.84. The summed E-state index contributed by atoms with van der Waals surface area (Å²) >= 11 is 3.59. The number of halogens is 1. The van der Waals surface area contributed by atoms with Gasteiger partial charge in [-0.05, 0) is 67.9 Å². The van der Waals surface area contributed by atoms with Crippen LogP contribution in [0.5, 0.6) is 5.75 Å². The van der Waals surface area contributed by atoms with Crippen molar-refractivity contribution in [3.63, 3.8) is 0 Å². The van der Waals surface area contributed by atoms with E-state index >= 15 is 0 Å². The van der Waals surface area contributed by atoms with E-state index in [0.717, 1.165) is 44.1 Å². The molecule has 168 valence electrons. The van der Waals surface area contributed by atoms with Crippen LogP contribution in [0, 0.1) is 6.92 Å². The minimum Gasteiger partial charge on any atom is -0.488 e. The van der Waals surface area contributed by atoms with Gasteiger partial charge in [-0.25, -0.2) is 4.79 Å². The lowest BCUT2D eigenvalue weighted by atomic mass is 10.1. The van der Waals surface area contributed by atoms with Gasteiger partial charge < -0.3 is 19.7 Å². The number of hydrogen-bond donors (Lipinski definition) is 2. The van der Waals surface area contributed by atoms with Crippen LogP contribution in [0.1, 0.15) is 28.5 Å². The largest absolute Gasteiger partial charge is 0.488 e. The average Bonchev–Trinajstić information content (AvgIpc) is 3.20. The van der Waals surface area contributed by atoms with E-state index in [0.29, 0.717) is 13.2 Å². The first kappa shape index (κ1) is 22.7. The zero-order valence-corrected chi connectivity index (χ0v) is 20.1. The minimum absolute atomic E-state index is 0.234. The lowest BCUT2D eigenvalue weighted by Crippen LogP contribution is -2.06. The van der Waals surface area contributed by atoms with Gasteiger partial charge in [-0.3, -0.25) is 0 Å². The number of anilines is 1. The Hall–Kier alpha value is -3.51. The van der Waals surface area contributed by atoms with Gasteiger partial charge in [0, 0.05) is 33.6 Å². The second-order valence-electron chi connectivity index (χ2n) is 7.71. The first-order valence-electron chi connectivity index (χ1n) is 10.7. The van der Waals surface area contributed by atoms with E-state index in [1.807, 2.05) is 80.6 Å². The number of hydrogen-bond acceptors (Lipinski definition) is 3. The summed E-state index contributed by atoms with van der Waals surface area (Å²) in [5, 5.41) is 12.9. The summed E-state index contributed by atoms with van der Waals surface area (Å²) in [7, 11) is 0. The van der Waals surface area contributed by atoms with Crippen LogP contribution in [0.3, 0.4) is 0 Å². The smallest absolute Gasteiger partial charge is 0.335 e. The van der Waals surface area contributed by atoms with Crippen molar-refractivity contribution >= 4 is 27.6 Å². The second-order valence-corrected chi connectivity index (χ2v) is 8.63. The lowest BCUT2D eigenvalue weighted by molar-refractivity contribution is 0.0697. The number of carboxylic acids is 1. The van der Waals surface area contributed by atoms with Crippen LogP contribution in [0.2, 0.25) is 0 Å². The Bertz CT molecular complexity index is 1280. The Morgan fingerprint density at radius 3 is 2.55 bits per heavy atom. The van der Waals surface area contributed by atoms with Crippen LogP contribution in [0.4, 0.5) is 5.69 Å². The van der Waals surface area contributed by atoms with Crippen molar-refractivity contribution in [3.05, 3.63) is 100 Å². The van der Waals surface area contributed by atoms with E-state index in [4.69, 9.17) is 4.74 Å². The number of nitrogens with one attached hydrogen (secondary N) is 1. The number of ether oxygens (including phenoxy) is 1. The Morgan fingerprint density at radius 1 is 1.03 bits per heavy atom. The number of benzene rings is 3. The molecule has 2 N–H and O–H groups in total. The molecule has 6 heteroatoms. The number of carboxylic acid groups (broad SMARTS) is 1. The molecule has 0 bridgehead atoms. The SMILES string of the molecule is CCNc1cc(C(=O)O)cc(-n2c(C)ccc2-c2cc(Br)ccc2OCc2ccccc2)c1. The van der Waals surface area contributed by atoms with E-state index in [9.17, 15) is 9.90 Å². The van der Waals surface area contributed by atoms with E-state index in [-0.39, 0.29) is 5.56 Å². The number of rotatable bonds is 8. The third-order valence-electron chi connectivity index (χ3n) is 5.33. The zero-order valence-electron chi connectivity index (χ0n) is 18.5. The van der Waals surface area contributed by atoms with Gasteiger partial charge in [0.05, 0.1) is 11.3 Å². The molecule has 0 saturated heterocycles. The fourth-order valence-electron chi connectivity index (χ4n) is 3.83. The van der Waals surface area contributed by atoms with Gasteiger partial charge in [-0.1, -0.05) is 46.3 Å². The fraction of sp³-hybridized carbons (Fsp3) is 0.148. The zero-order chi connectivity index (χ0) is 23.4. The van der Waals surface area contributed by atoms with Crippen molar-refractivity contribution in [2.24, 2.45) is 0 Å². The fourth-order valence-corrected chi connectivity index (χ4v) is 4.19. The van der Waals surface area contributed by atoms with Crippen LogP contribution in [0.15, 0.2) is 83.3 Å². The van der Waals surface area contributed by atoms with Gasteiger partial charge >= 0.3 is 5.97 Å². The highest BCUT2D eigenvalue weighted by Gasteiger charge is 2.17. The van der Waals surface area contributed by atoms with Crippen LogP contribution in [-0.4, -0.2) is 22.2 Å². The molecule has 1 aromatic heterocycles. The third kappa shape index (κ3) is 5.12. The van der Waals surface area contributed by atoms with Crippen molar-refractivity contribution in [1.29, 1.82) is 0 Å². The third-order valence-corrected chi connectivity index (χ3v) is 5.83. The predicted octanol–water partition coefficient (Wildman–Crippen LogP) is 6.92. The van der Waals surface area contributed by atoms with Gasteiger partial charge in [0.2, 0.25) is 0 Å². The van der Waals surface area contributed by atoms with Gasteiger partial charge in [0.25, 0.3) is 0 Å². The van der Waals surface area contributed by atoms with Crippen LogP contribution < -0.4 is 10.1 Å². The van der Waals surface area contributed by atoms with Gasteiger partial charge in [0.15, 0.2) is 0 Å². The molecule has 0 radical (unpaired) electrons. The van der Waals surface area contributed by atoms with Crippen molar-refractivity contribution in [2.75, 3.05) is 11.9 Å². The summed E-state index contributed by atoms with van der Waals surface area (Å²) in [6.07, 6.45) is 0. The number of aromatic carboxylic acids is 1. The molecule has 3 aromatic carbocycles. The number of nitrogens with zero attached hydrogens (tertiary/aromatic N) is 1. The highest BCUT2D eigenvalue weighted by atomic mass is 79.9. The van der Waals surface area contributed by atoms with Crippen molar-refractivity contribution in [3.8, 4) is 22.7 Å². The van der Waals surface area contributed by atoms with E-state index < -0.39 is 5.97 Å². The Morgan fingerprint density at radius 2 is 1.82 bits per heavy atom. The first-order chi connectivity index (χ1) is 16.0. The molecule has 0 unspecified atom stereocenters. The van der Waals surface area contributed by atoms with Gasteiger partial charge in [0.1, 0.15) is 12.4 Å². The summed E-state index contributed by atoms with van der Waals surface area (Å²) in [5.74, 6) is -0.209. The molecular formula is C27H25BrN2O3. The summed E-state index contributed by atoms with van der Waals surface area (Å²) in [6, 6.07) is 25.3. The minimum atomic E-state index is -0.961. The summed E-state index contributed by atoms with van der Waals surface area (Å²) in [5.41, 5.74) is 5.68. The summed E-state index contributed by atoms with van der Waals surface area (Å²) < 4.78 is 9.21. The molecule has 0 fully saturated rings. The maximum absolute atomic E-state index is 11.8. The number of carbonyl (C=O) groups is 1. The lowest BCUT2D eigenvalue weighted by Gasteiger charge is -2.18. The van der Waals surface area contributed by atoms with Crippen LogP contribution in [0.25, 0.3) is 16.9 Å². The quantitative estimate of drug-likeness (QED) is 0.273. The van der Waals surface area contributed by atoms with Crippen molar-refractivity contribution < 1.29 is 14.6 Å². The van der Waals surface area contributed by atoms with Gasteiger partial charge in [-0.2, -0.15) is 0 Å². The number of aromatic nitrogens is 1. The molecule has 0 aliphatic carbocycles. The topological polar surface area (TPSA) is 63.5 Å². The van der Waals surface area contributed by atoms with E-state index in [1.165, 1.54) is 0 Å². The molecule has 0 atom stereocenters. The van der Waals surface area contributed by atoms with E-state index in [1.54, 1.807) is 12.1 Å². The summed E-state index contributed by atoms with van der Waals surface area (Å²) in [6.45, 7) is 5.14. The van der Waals surface area contributed by atoms with Gasteiger partial charge in [-0.15, -0.1) is 0 Å². The Balaban J connectivity index is 1.80. The maximum Gasteiger partial charge on any atom is 0.335 e. The molecule has 0 amide bonds. The highest BCUT2D eigenvalue weighted by molar-refractivity contribution is 9.10. The standard InChI is InChI=1S/C27H25BrN2O3/c1-3-29-22-13-20(27(31)32)14-23(16-22)30-18(2)9-11-25(30)24-15-21(28)10-12-26(24)33-17-19-7-5-4-6-8-19/h4-16,29H,3,17H2,1-2H3,(H,31,32). The molecule has 0 saturated carbocycles. The molecule has 0 spiro atoms. The molecule has 1 heterocycles. The molecule has 5 nitrogen and oxygen atoms in total. The average molecular weight is 505 g/mol. The molecular weight excluding hydrogens is 480 g/mol. The number of aryl methyl sites for hydroxylation is 1. The first-order valence-corrected chi connectivity index (χ1v) is 11.5. The molecule has 0 aliphatic rings. The van der Waals surface area contributed by atoms with E-state index in [2.05, 4.69) is 25.8 Å². The normalized spacial score (nSPS) is 10.8. The second kappa shape index (κ2) is 9.96. The highest BCUT2D eigenvalue weighted by Crippen LogP contribution is 2.36. The predicted molar refractivity (Wildman–Crippen MR) is 136 cm³/mol. The molecule has 33 heavy (non-hydrogen) atoms. The Labute approximate surface area is 201 Å². The van der Waals surface area contributed by atoms with Crippen molar-refractivity contribution in [1.82, 2.24) is 4.57 Å². The molecule has 4 rings (SSSR count). The summed E-state index contributed by atoms with van der Waals surface area (Å²) in [4.78, 5) is 11.8. The van der Waals surface area contributed by atoms with Crippen LogP contribution >= 0.6 is 15.9 Å². The molecule has 0 aliphatic heterocycles. The van der Waals surface area contributed by atoms with Crippen LogP contribution in [-0.2, 0) is 6.61 Å². The molecule has 4 aromatic rings.